The predicted octanol–water partition coefficient (Wildman–Crippen LogP) is 1.65. The molecule has 0 amide bonds. The summed E-state index contributed by atoms with van der Waals surface area (Å²) in [6.07, 6.45) is -3.75. The predicted molar refractivity (Wildman–Crippen MR) is 101 cm³/mol. The van der Waals surface area contributed by atoms with Crippen LogP contribution in [0.5, 0.6) is 0 Å². The molecule has 0 bridgehead atoms. The van der Waals surface area contributed by atoms with E-state index in [1.54, 1.807) is 41.5 Å². The standard InChI is InChI=1S/C20H32O9/c1-10(2)18(22)26-9-15-17(29-20(24)12(5)6)16(28-19(23)11(3)4)14(27-15)8-25-13(7)21/h10-12,14-17H,8-9H2,1-7H3/t14-,15?,16-,17-/m1/s1. The first-order valence-corrected chi connectivity index (χ1v) is 9.80. The first-order chi connectivity index (χ1) is 13.4. The highest BCUT2D eigenvalue weighted by Crippen LogP contribution is 2.29. The fourth-order valence-electron chi connectivity index (χ4n) is 2.43. The quantitative estimate of drug-likeness (QED) is 0.409. The Kier molecular flexibility index (Phi) is 9.55. The lowest BCUT2D eigenvalue weighted by atomic mass is 10.1. The van der Waals surface area contributed by atoms with E-state index in [4.69, 9.17) is 23.7 Å². The molecule has 1 unspecified atom stereocenters. The van der Waals surface area contributed by atoms with E-state index in [0.29, 0.717) is 0 Å². The van der Waals surface area contributed by atoms with Crippen LogP contribution in [-0.4, -0.2) is 61.5 Å². The van der Waals surface area contributed by atoms with Gasteiger partial charge in [-0.3, -0.25) is 19.2 Å². The van der Waals surface area contributed by atoms with E-state index in [9.17, 15) is 19.2 Å². The Morgan fingerprint density at radius 1 is 0.690 bits per heavy atom. The van der Waals surface area contributed by atoms with Gasteiger partial charge in [0.1, 0.15) is 25.4 Å². The number of carbonyl (C=O) groups is 4. The summed E-state index contributed by atoms with van der Waals surface area (Å²) >= 11 is 0. The molecule has 29 heavy (non-hydrogen) atoms. The smallest absolute Gasteiger partial charge is 0.308 e. The molecule has 1 aliphatic heterocycles. The van der Waals surface area contributed by atoms with Crippen LogP contribution >= 0.6 is 0 Å². The molecule has 9 heteroatoms. The van der Waals surface area contributed by atoms with Crippen LogP contribution in [0.1, 0.15) is 48.5 Å². The van der Waals surface area contributed by atoms with Crippen molar-refractivity contribution in [1.29, 1.82) is 0 Å². The van der Waals surface area contributed by atoms with Gasteiger partial charge in [-0.25, -0.2) is 0 Å². The highest BCUT2D eigenvalue weighted by atomic mass is 16.7. The molecule has 9 nitrogen and oxygen atoms in total. The largest absolute Gasteiger partial charge is 0.463 e. The molecule has 0 spiro atoms. The molecule has 1 saturated heterocycles. The van der Waals surface area contributed by atoms with Crippen LogP contribution in [0.15, 0.2) is 0 Å². The van der Waals surface area contributed by atoms with Gasteiger partial charge >= 0.3 is 23.9 Å². The maximum atomic E-state index is 12.2. The SMILES string of the molecule is CC(=O)OC[C@H]1OC(COC(=O)C(C)C)[C@@H](OC(=O)C(C)C)[C@@H]1OC(=O)C(C)C. The molecule has 1 fully saturated rings. The lowest BCUT2D eigenvalue weighted by Crippen LogP contribution is -2.44. The minimum Gasteiger partial charge on any atom is -0.463 e. The van der Waals surface area contributed by atoms with Gasteiger partial charge in [0.05, 0.1) is 17.8 Å². The highest BCUT2D eigenvalue weighted by Gasteiger charge is 2.50. The van der Waals surface area contributed by atoms with E-state index in [1.165, 1.54) is 6.92 Å². The number of ether oxygens (including phenoxy) is 5. The summed E-state index contributed by atoms with van der Waals surface area (Å²) in [5.74, 6) is -3.21. The Morgan fingerprint density at radius 2 is 1.07 bits per heavy atom. The summed E-state index contributed by atoms with van der Waals surface area (Å²) in [6.45, 7) is 10.9. The molecule has 1 heterocycles. The van der Waals surface area contributed by atoms with Crippen LogP contribution in [0.25, 0.3) is 0 Å². The van der Waals surface area contributed by atoms with E-state index in [2.05, 4.69) is 0 Å². The minimum absolute atomic E-state index is 0.195. The summed E-state index contributed by atoms with van der Waals surface area (Å²) in [7, 11) is 0. The van der Waals surface area contributed by atoms with Crippen LogP contribution in [0.4, 0.5) is 0 Å². The first-order valence-electron chi connectivity index (χ1n) is 9.80. The van der Waals surface area contributed by atoms with Gasteiger partial charge in [0.15, 0.2) is 12.2 Å². The monoisotopic (exact) mass is 416 g/mol. The van der Waals surface area contributed by atoms with Gasteiger partial charge in [-0.1, -0.05) is 41.5 Å². The average molecular weight is 416 g/mol. The Bertz CT molecular complexity index is 597. The molecule has 1 rings (SSSR count). The van der Waals surface area contributed by atoms with Gasteiger partial charge in [0, 0.05) is 6.92 Å². The van der Waals surface area contributed by atoms with Crippen molar-refractivity contribution in [1.82, 2.24) is 0 Å². The maximum Gasteiger partial charge on any atom is 0.308 e. The van der Waals surface area contributed by atoms with Gasteiger partial charge in [0.2, 0.25) is 0 Å². The van der Waals surface area contributed by atoms with Gasteiger partial charge < -0.3 is 23.7 Å². The first kappa shape index (κ1) is 24.9. The Hall–Kier alpha value is -2.16. The van der Waals surface area contributed by atoms with Crippen molar-refractivity contribution in [2.45, 2.75) is 72.9 Å². The van der Waals surface area contributed by atoms with Gasteiger partial charge in [-0.2, -0.15) is 0 Å². The fourth-order valence-corrected chi connectivity index (χ4v) is 2.43. The second-order valence-electron chi connectivity index (χ2n) is 7.91. The number of esters is 4. The van der Waals surface area contributed by atoms with Gasteiger partial charge in [-0.05, 0) is 0 Å². The second kappa shape index (κ2) is 11.1. The zero-order valence-electron chi connectivity index (χ0n) is 18.1. The van der Waals surface area contributed by atoms with Crippen LogP contribution < -0.4 is 0 Å². The molecule has 166 valence electrons. The van der Waals surface area contributed by atoms with Gasteiger partial charge in [-0.15, -0.1) is 0 Å². The lowest BCUT2D eigenvalue weighted by Gasteiger charge is -2.25. The molecule has 0 aromatic carbocycles. The van der Waals surface area contributed by atoms with Crippen LogP contribution in [0.3, 0.4) is 0 Å². The number of hydrogen-bond donors (Lipinski definition) is 0. The zero-order valence-corrected chi connectivity index (χ0v) is 18.1. The number of carbonyl (C=O) groups excluding carboxylic acids is 4. The van der Waals surface area contributed by atoms with E-state index < -0.39 is 60.1 Å². The minimum atomic E-state index is -1.01. The van der Waals surface area contributed by atoms with Crippen LogP contribution in [0, 0.1) is 17.8 Å². The number of rotatable bonds is 9. The summed E-state index contributed by atoms with van der Waals surface area (Å²) in [5, 5.41) is 0. The third-order valence-electron chi connectivity index (χ3n) is 4.17. The Labute approximate surface area is 171 Å². The summed E-state index contributed by atoms with van der Waals surface area (Å²) < 4.78 is 27.1. The summed E-state index contributed by atoms with van der Waals surface area (Å²) in [5.41, 5.74) is 0. The second-order valence-corrected chi connectivity index (χ2v) is 7.91. The maximum absolute atomic E-state index is 12.2. The molecule has 0 radical (unpaired) electrons. The van der Waals surface area contributed by atoms with Crippen molar-refractivity contribution < 1.29 is 42.9 Å². The van der Waals surface area contributed by atoms with Crippen molar-refractivity contribution >= 4 is 23.9 Å². The molecule has 4 atom stereocenters. The van der Waals surface area contributed by atoms with E-state index in [0.717, 1.165) is 0 Å². The van der Waals surface area contributed by atoms with Crippen LogP contribution in [0.2, 0.25) is 0 Å². The molecule has 0 aromatic heterocycles. The summed E-state index contributed by atoms with van der Waals surface area (Å²) in [6, 6.07) is 0. The zero-order chi connectivity index (χ0) is 22.3. The summed E-state index contributed by atoms with van der Waals surface area (Å²) in [4.78, 5) is 47.5. The average Bonchev–Trinajstić information content (AvgIpc) is 2.94. The molecule has 1 aliphatic rings. The van der Waals surface area contributed by atoms with Gasteiger partial charge in [0.25, 0.3) is 0 Å². The highest BCUT2D eigenvalue weighted by molar-refractivity contribution is 5.73. The molecule has 0 saturated carbocycles. The fraction of sp³-hybridized carbons (Fsp3) is 0.800. The van der Waals surface area contributed by atoms with Crippen molar-refractivity contribution in [3.63, 3.8) is 0 Å². The Morgan fingerprint density at radius 3 is 1.41 bits per heavy atom. The van der Waals surface area contributed by atoms with Crippen molar-refractivity contribution in [3.8, 4) is 0 Å². The van der Waals surface area contributed by atoms with Crippen molar-refractivity contribution in [2.24, 2.45) is 17.8 Å². The molecular weight excluding hydrogens is 384 g/mol. The number of hydrogen-bond acceptors (Lipinski definition) is 9. The molecule has 0 N–H and O–H groups in total. The topological polar surface area (TPSA) is 114 Å². The van der Waals surface area contributed by atoms with E-state index in [-0.39, 0.29) is 19.1 Å². The van der Waals surface area contributed by atoms with Crippen molar-refractivity contribution in [2.75, 3.05) is 13.2 Å². The van der Waals surface area contributed by atoms with E-state index in [1.807, 2.05) is 0 Å². The molecule has 0 aliphatic carbocycles. The molecule has 0 aromatic rings. The molecular formula is C20H32O9. The lowest BCUT2D eigenvalue weighted by molar-refractivity contribution is -0.173. The normalized spacial score (nSPS) is 23.9. The Balaban J connectivity index is 3.08. The van der Waals surface area contributed by atoms with Crippen molar-refractivity contribution in [3.05, 3.63) is 0 Å². The third-order valence-corrected chi connectivity index (χ3v) is 4.17. The van der Waals surface area contributed by atoms with E-state index >= 15 is 0 Å². The van der Waals surface area contributed by atoms with Crippen LogP contribution in [-0.2, 0) is 42.9 Å². The third kappa shape index (κ3) is 7.64.